The minimum atomic E-state index is -0.338. The zero-order valence-corrected chi connectivity index (χ0v) is 19.4. The number of aryl methyl sites for hydroxylation is 1. The summed E-state index contributed by atoms with van der Waals surface area (Å²) in [6.07, 6.45) is 4.13. The van der Waals surface area contributed by atoms with Crippen LogP contribution in [0, 0.1) is 6.92 Å². The standard InChI is InChI=1S/C22H25BrN4O2S/c1-13-3-7-18(25-11-13)20(28)26-14(2)4-6-16-10-22(12-30-21(24)27-22)17-9-15(23)5-8-19(17)29-16/h3,5,7-9,11,14,16H,4,6,10,12H2,1-2H3,(H2,24,27)(H,26,28)/t14?,16-,22?/m0/s1. The molecule has 1 amide bonds. The van der Waals surface area contributed by atoms with E-state index in [9.17, 15) is 4.79 Å². The molecule has 158 valence electrons. The second-order valence-corrected chi connectivity index (χ2v) is 9.94. The van der Waals surface area contributed by atoms with Crippen molar-refractivity contribution in [1.82, 2.24) is 10.3 Å². The van der Waals surface area contributed by atoms with Crippen LogP contribution in [0.2, 0.25) is 0 Å². The molecular formula is C22H25BrN4O2S. The van der Waals surface area contributed by atoms with E-state index in [1.54, 1.807) is 24.0 Å². The summed E-state index contributed by atoms with van der Waals surface area (Å²) >= 11 is 5.16. The number of fused-ring (bicyclic) bond motifs is 2. The van der Waals surface area contributed by atoms with Crippen LogP contribution in [-0.2, 0) is 5.54 Å². The zero-order chi connectivity index (χ0) is 21.3. The average Bonchev–Trinajstić information content (AvgIpc) is 3.08. The van der Waals surface area contributed by atoms with Gasteiger partial charge in [-0.3, -0.25) is 14.8 Å². The summed E-state index contributed by atoms with van der Waals surface area (Å²) in [5.41, 5.74) is 8.25. The van der Waals surface area contributed by atoms with Crippen molar-refractivity contribution in [2.45, 2.75) is 50.8 Å². The van der Waals surface area contributed by atoms with E-state index >= 15 is 0 Å². The predicted molar refractivity (Wildman–Crippen MR) is 124 cm³/mol. The van der Waals surface area contributed by atoms with Crippen LogP contribution in [0.1, 0.15) is 47.8 Å². The van der Waals surface area contributed by atoms with Crippen LogP contribution in [0.3, 0.4) is 0 Å². The van der Waals surface area contributed by atoms with Gasteiger partial charge in [0.1, 0.15) is 23.1 Å². The minimum absolute atomic E-state index is 0.0120. The molecule has 2 unspecified atom stereocenters. The van der Waals surface area contributed by atoms with Crippen molar-refractivity contribution in [3.05, 3.63) is 57.8 Å². The van der Waals surface area contributed by atoms with Crippen LogP contribution >= 0.6 is 27.7 Å². The van der Waals surface area contributed by atoms with Crippen molar-refractivity contribution < 1.29 is 9.53 Å². The number of nitrogens with one attached hydrogen (secondary N) is 1. The van der Waals surface area contributed by atoms with Gasteiger partial charge in [-0.15, -0.1) is 0 Å². The van der Waals surface area contributed by atoms with Gasteiger partial charge < -0.3 is 15.8 Å². The molecule has 6 nitrogen and oxygen atoms in total. The molecule has 1 spiro atoms. The van der Waals surface area contributed by atoms with Gasteiger partial charge in [0.2, 0.25) is 0 Å². The second-order valence-electron chi connectivity index (χ2n) is 8.03. The van der Waals surface area contributed by atoms with Crippen molar-refractivity contribution in [2.75, 3.05) is 5.75 Å². The molecule has 3 heterocycles. The molecule has 3 atom stereocenters. The number of hydrogen-bond acceptors (Lipinski definition) is 6. The number of ether oxygens (including phenoxy) is 1. The lowest BCUT2D eigenvalue weighted by molar-refractivity contribution is 0.0917. The van der Waals surface area contributed by atoms with E-state index in [1.165, 1.54) is 0 Å². The first-order chi connectivity index (χ1) is 14.3. The zero-order valence-electron chi connectivity index (χ0n) is 17.0. The van der Waals surface area contributed by atoms with Gasteiger partial charge in [-0.05, 0) is 56.5 Å². The highest BCUT2D eigenvalue weighted by Crippen LogP contribution is 2.48. The third-order valence-electron chi connectivity index (χ3n) is 5.53. The fourth-order valence-corrected chi connectivity index (χ4v) is 5.28. The molecule has 0 fully saturated rings. The average molecular weight is 489 g/mol. The molecule has 2 aliphatic rings. The molecule has 1 aromatic carbocycles. The summed E-state index contributed by atoms with van der Waals surface area (Å²) in [6.45, 7) is 3.96. The maximum Gasteiger partial charge on any atom is 0.270 e. The summed E-state index contributed by atoms with van der Waals surface area (Å²) < 4.78 is 7.31. The summed E-state index contributed by atoms with van der Waals surface area (Å²) in [5.74, 6) is 1.55. The van der Waals surface area contributed by atoms with Gasteiger partial charge in [0.15, 0.2) is 5.17 Å². The number of aliphatic imine (C=N–C) groups is 1. The van der Waals surface area contributed by atoms with Gasteiger partial charge in [0.05, 0.1) is 0 Å². The molecule has 8 heteroatoms. The van der Waals surface area contributed by atoms with Crippen molar-refractivity contribution in [3.63, 3.8) is 0 Å². The van der Waals surface area contributed by atoms with Gasteiger partial charge >= 0.3 is 0 Å². The smallest absolute Gasteiger partial charge is 0.270 e. The van der Waals surface area contributed by atoms with Crippen LogP contribution in [-0.4, -0.2) is 34.0 Å². The first-order valence-electron chi connectivity index (χ1n) is 10.0. The molecule has 2 aliphatic heterocycles. The Morgan fingerprint density at radius 2 is 2.27 bits per heavy atom. The Hall–Kier alpha value is -2.06. The first-order valence-corrected chi connectivity index (χ1v) is 11.8. The number of halogens is 1. The number of nitrogens with zero attached hydrogens (tertiary/aromatic N) is 2. The maximum absolute atomic E-state index is 12.4. The number of amidine groups is 1. The van der Waals surface area contributed by atoms with Gasteiger partial charge in [-0.2, -0.15) is 0 Å². The number of pyridine rings is 1. The van der Waals surface area contributed by atoms with Crippen molar-refractivity contribution in [2.24, 2.45) is 10.7 Å². The van der Waals surface area contributed by atoms with Crippen molar-refractivity contribution >= 4 is 38.8 Å². The summed E-state index contributed by atoms with van der Waals surface area (Å²) in [5, 5.41) is 3.67. The molecule has 0 saturated carbocycles. The van der Waals surface area contributed by atoms with E-state index in [4.69, 9.17) is 15.5 Å². The van der Waals surface area contributed by atoms with E-state index in [0.29, 0.717) is 10.9 Å². The molecule has 0 aliphatic carbocycles. The van der Waals surface area contributed by atoms with E-state index < -0.39 is 0 Å². The number of carbonyl (C=O) groups is 1. The highest BCUT2D eigenvalue weighted by Gasteiger charge is 2.45. The van der Waals surface area contributed by atoms with E-state index in [0.717, 1.165) is 46.4 Å². The van der Waals surface area contributed by atoms with Gasteiger partial charge in [-0.1, -0.05) is 33.8 Å². The summed E-state index contributed by atoms with van der Waals surface area (Å²) in [7, 11) is 0. The number of aromatic nitrogens is 1. The Morgan fingerprint density at radius 3 is 2.97 bits per heavy atom. The highest BCUT2D eigenvalue weighted by molar-refractivity contribution is 9.10. The summed E-state index contributed by atoms with van der Waals surface area (Å²) in [6, 6.07) is 9.73. The maximum atomic E-state index is 12.4. The fraction of sp³-hybridized carbons (Fsp3) is 0.409. The molecular weight excluding hydrogens is 464 g/mol. The number of hydrogen-bond donors (Lipinski definition) is 2. The largest absolute Gasteiger partial charge is 0.490 e. The lowest BCUT2D eigenvalue weighted by Crippen LogP contribution is -2.39. The third kappa shape index (κ3) is 4.49. The number of amides is 1. The van der Waals surface area contributed by atoms with Crippen LogP contribution in [0.4, 0.5) is 0 Å². The van der Waals surface area contributed by atoms with Crippen LogP contribution < -0.4 is 15.8 Å². The normalized spacial score (nSPS) is 23.4. The monoisotopic (exact) mass is 488 g/mol. The molecule has 0 bridgehead atoms. The first kappa shape index (κ1) is 21.2. The van der Waals surface area contributed by atoms with Gasteiger partial charge in [0.25, 0.3) is 5.91 Å². The predicted octanol–water partition coefficient (Wildman–Crippen LogP) is 4.16. The SMILES string of the molecule is Cc1ccc(C(=O)NC(C)CC[C@H]2CC3(CSC(N)=N3)c3cc(Br)ccc3O2)nc1. The second kappa shape index (κ2) is 8.59. The third-order valence-corrected chi connectivity index (χ3v) is 7.03. The molecule has 4 rings (SSSR count). The molecule has 30 heavy (non-hydrogen) atoms. The quantitative estimate of drug-likeness (QED) is 0.659. The number of carbonyl (C=O) groups excluding carboxylic acids is 1. The number of rotatable bonds is 5. The number of nitrogens with two attached hydrogens (primary N) is 1. The lowest BCUT2D eigenvalue weighted by atomic mass is 9.82. The fourth-order valence-electron chi connectivity index (χ4n) is 3.96. The van der Waals surface area contributed by atoms with Gasteiger partial charge in [0, 0.05) is 34.4 Å². The van der Waals surface area contributed by atoms with Crippen LogP contribution in [0.5, 0.6) is 5.75 Å². The van der Waals surface area contributed by atoms with E-state index in [2.05, 4.69) is 32.3 Å². The molecule has 0 saturated heterocycles. The Bertz CT molecular complexity index is 982. The Labute approximate surface area is 189 Å². The number of benzene rings is 1. The summed E-state index contributed by atoms with van der Waals surface area (Å²) in [4.78, 5) is 21.4. The molecule has 3 N–H and O–H groups in total. The molecule has 1 aromatic heterocycles. The molecule has 0 radical (unpaired) electrons. The van der Waals surface area contributed by atoms with Crippen molar-refractivity contribution in [3.8, 4) is 5.75 Å². The Morgan fingerprint density at radius 1 is 1.43 bits per heavy atom. The Balaban J connectivity index is 1.41. The molecule has 2 aromatic rings. The van der Waals surface area contributed by atoms with Crippen LogP contribution in [0.25, 0.3) is 0 Å². The Kier molecular flexibility index (Phi) is 6.06. The van der Waals surface area contributed by atoms with Gasteiger partial charge in [-0.25, -0.2) is 0 Å². The topological polar surface area (TPSA) is 89.6 Å². The van der Waals surface area contributed by atoms with E-state index in [-0.39, 0.29) is 23.6 Å². The lowest BCUT2D eigenvalue weighted by Gasteiger charge is -2.38. The van der Waals surface area contributed by atoms with Crippen LogP contribution in [0.15, 0.2) is 46.0 Å². The highest BCUT2D eigenvalue weighted by atomic mass is 79.9. The van der Waals surface area contributed by atoms with E-state index in [1.807, 2.05) is 32.0 Å². The number of thioether (sulfide) groups is 1. The minimum Gasteiger partial charge on any atom is -0.490 e. The van der Waals surface area contributed by atoms with Crippen molar-refractivity contribution in [1.29, 1.82) is 0 Å².